The van der Waals surface area contributed by atoms with Crippen LogP contribution < -0.4 is 10.0 Å². The molecule has 0 saturated heterocycles. The van der Waals surface area contributed by atoms with Crippen molar-refractivity contribution < 1.29 is 12.8 Å². The number of para-hydroxylation sites is 1. The molecule has 0 spiro atoms. The van der Waals surface area contributed by atoms with Gasteiger partial charge in [-0.2, -0.15) is 0 Å². The van der Waals surface area contributed by atoms with E-state index < -0.39 is 15.8 Å². The summed E-state index contributed by atoms with van der Waals surface area (Å²) in [6, 6.07) is 8.91. The van der Waals surface area contributed by atoms with Crippen molar-refractivity contribution in [1.29, 1.82) is 0 Å². The molecular formula is C12H13FN2O2S2. The van der Waals surface area contributed by atoms with Crippen LogP contribution in [0.4, 0.5) is 10.1 Å². The first-order valence-electron chi connectivity index (χ1n) is 5.53. The summed E-state index contributed by atoms with van der Waals surface area (Å²) in [5.74, 6) is -0.599. The summed E-state index contributed by atoms with van der Waals surface area (Å²) >= 11 is 1.15. The second-order valence-corrected chi connectivity index (χ2v) is 6.91. The molecule has 2 N–H and O–H groups in total. The number of nitrogens with one attached hydrogen (secondary N) is 2. The lowest BCUT2D eigenvalue weighted by Crippen LogP contribution is -2.12. The molecule has 0 aliphatic rings. The average molecular weight is 300 g/mol. The standard InChI is InChI=1S/C12H13FN2O2S2/c1-14-8-9-6-7-12(18-9)19(16,17)15-11-5-3-2-4-10(11)13/h2-7,14-15H,8H2,1H3. The lowest BCUT2D eigenvalue weighted by atomic mass is 10.3. The van der Waals surface area contributed by atoms with Crippen LogP contribution in [0.3, 0.4) is 0 Å². The zero-order valence-electron chi connectivity index (χ0n) is 10.2. The Labute approximate surface area is 115 Å². The third-order valence-electron chi connectivity index (χ3n) is 2.37. The SMILES string of the molecule is CNCc1ccc(S(=O)(=O)Nc2ccccc2F)s1. The van der Waals surface area contributed by atoms with Crippen LogP contribution >= 0.6 is 11.3 Å². The zero-order valence-corrected chi connectivity index (χ0v) is 11.8. The maximum atomic E-state index is 13.4. The highest BCUT2D eigenvalue weighted by atomic mass is 32.2. The third-order valence-corrected chi connectivity index (χ3v) is 5.31. The van der Waals surface area contributed by atoms with Crippen molar-refractivity contribution in [3.05, 3.63) is 47.1 Å². The zero-order chi connectivity index (χ0) is 13.9. The summed E-state index contributed by atoms with van der Waals surface area (Å²) in [7, 11) is -1.95. The Morgan fingerprint density at radius 2 is 1.95 bits per heavy atom. The van der Waals surface area contributed by atoms with Gasteiger partial charge in [0.05, 0.1) is 5.69 Å². The van der Waals surface area contributed by atoms with Crippen LogP contribution in [-0.2, 0) is 16.6 Å². The number of benzene rings is 1. The van der Waals surface area contributed by atoms with E-state index in [4.69, 9.17) is 0 Å². The quantitative estimate of drug-likeness (QED) is 0.891. The first-order chi connectivity index (χ1) is 9.03. The van der Waals surface area contributed by atoms with Gasteiger partial charge < -0.3 is 5.32 Å². The van der Waals surface area contributed by atoms with Gasteiger partial charge in [0.15, 0.2) is 0 Å². The van der Waals surface area contributed by atoms with E-state index in [0.717, 1.165) is 16.2 Å². The number of sulfonamides is 1. The minimum Gasteiger partial charge on any atom is -0.315 e. The van der Waals surface area contributed by atoms with Crippen molar-refractivity contribution in [2.24, 2.45) is 0 Å². The number of hydrogen-bond donors (Lipinski definition) is 2. The van der Waals surface area contributed by atoms with Crippen LogP contribution in [0.25, 0.3) is 0 Å². The third kappa shape index (κ3) is 3.31. The van der Waals surface area contributed by atoms with Gasteiger partial charge >= 0.3 is 0 Å². The fraction of sp³-hybridized carbons (Fsp3) is 0.167. The number of thiophene rings is 1. The van der Waals surface area contributed by atoms with Crippen LogP contribution in [0, 0.1) is 5.82 Å². The Hall–Kier alpha value is -1.44. The smallest absolute Gasteiger partial charge is 0.271 e. The molecule has 0 radical (unpaired) electrons. The fourth-order valence-electron chi connectivity index (χ4n) is 1.51. The molecule has 0 atom stereocenters. The van der Waals surface area contributed by atoms with Crippen molar-refractivity contribution in [1.82, 2.24) is 5.32 Å². The van der Waals surface area contributed by atoms with Crippen LogP contribution in [0.1, 0.15) is 4.88 Å². The summed E-state index contributed by atoms with van der Waals surface area (Å²) in [5, 5.41) is 2.94. The summed E-state index contributed by atoms with van der Waals surface area (Å²) in [6.07, 6.45) is 0. The molecule has 2 rings (SSSR count). The molecule has 1 heterocycles. The summed E-state index contributed by atoms with van der Waals surface area (Å²) in [6.45, 7) is 0.597. The van der Waals surface area contributed by atoms with Crippen molar-refractivity contribution in [3.8, 4) is 0 Å². The summed E-state index contributed by atoms with van der Waals surface area (Å²) < 4.78 is 40.0. The number of rotatable bonds is 5. The molecule has 4 nitrogen and oxygen atoms in total. The second-order valence-electron chi connectivity index (χ2n) is 3.84. The van der Waals surface area contributed by atoms with Gasteiger partial charge in [0.1, 0.15) is 10.0 Å². The van der Waals surface area contributed by atoms with E-state index in [9.17, 15) is 12.8 Å². The maximum absolute atomic E-state index is 13.4. The predicted molar refractivity (Wildman–Crippen MR) is 74.3 cm³/mol. The highest BCUT2D eigenvalue weighted by molar-refractivity contribution is 7.94. The van der Waals surface area contributed by atoms with Gasteiger partial charge in [0.2, 0.25) is 0 Å². The van der Waals surface area contributed by atoms with Crippen molar-refractivity contribution in [3.63, 3.8) is 0 Å². The molecule has 0 bridgehead atoms. The topological polar surface area (TPSA) is 58.2 Å². The van der Waals surface area contributed by atoms with Gasteiger partial charge in [0, 0.05) is 11.4 Å². The monoisotopic (exact) mass is 300 g/mol. The molecule has 0 saturated carbocycles. The predicted octanol–water partition coefficient (Wildman–Crippen LogP) is 2.41. The van der Waals surface area contributed by atoms with E-state index in [2.05, 4.69) is 10.0 Å². The van der Waals surface area contributed by atoms with Crippen molar-refractivity contribution >= 4 is 27.0 Å². The highest BCUT2D eigenvalue weighted by Gasteiger charge is 2.18. The molecule has 2 aromatic rings. The van der Waals surface area contributed by atoms with Gasteiger partial charge in [-0.25, -0.2) is 12.8 Å². The van der Waals surface area contributed by atoms with E-state index >= 15 is 0 Å². The van der Waals surface area contributed by atoms with Gasteiger partial charge in [-0.3, -0.25) is 4.72 Å². The van der Waals surface area contributed by atoms with Gasteiger partial charge in [-0.1, -0.05) is 12.1 Å². The van der Waals surface area contributed by atoms with E-state index in [1.165, 1.54) is 24.3 Å². The minimum atomic E-state index is -3.73. The molecule has 102 valence electrons. The second kappa shape index (κ2) is 5.68. The Morgan fingerprint density at radius 1 is 1.21 bits per heavy atom. The first-order valence-corrected chi connectivity index (χ1v) is 7.83. The van der Waals surface area contributed by atoms with E-state index in [0.29, 0.717) is 6.54 Å². The molecule has 1 aromatic heterocycles. The van der Waals surface area contributed by atoms with Gasteiger partial charge in [-0.15, -0.1) is 11.3 Å². The fourth-order valence-corrected chi connectivity index (χ4v) is 3.95. The van der Waals surface area contributed by atoms with Crippen molar-refractivity contribution in [2.75, 3.05) is 11.8 Å². The van der Waals surface area contributed by atoms with Crippen LogP contribution in [0.5, 0.6) is 0 Å². The van der Waals surface area contributed by atoms with Gasteiger partial charge in [0.25, 0.3) is 10.0 Å². The molecule has 7 heteroatoms. The maximum Gasteiger partial charge on any atom is 0.271 e. The first kappa shape index (κ1) is 14.0. The Morgan fingerprint density at radius 3 is 2.63 bits per heavy atom. The van der Waals surface area contributed by atoms with E-state index in [-0.39, 0.29) is 9.90 Å². The lowest BCUT2D eigenvalue weighted by molar-refractivity contribution is 0.600. The molecule has 1 aromatic carbocycles. The van der Waals surface area contributed by atoms with Crippen LogP contribution in [-0.4, -0.2) is 15.5 Å². The molecular weight excluding hydrogens is 287 g/mol. The molecule has 0 fully saturated rings. The molecule has 0 unspecified atom stereocenters. The van der Waals surface area contributed by atoms with Crippen molar-refractivity contribution in [2.45, 2.75) is 10.8 Å². The number of hydrogen-bond acceptors (Lipinski definition) is 4. The van der Waals surface area contributed by atoms with Crippen LogP contribution in [0.2, 0.25) is 0 Å². The largest absolute Gasteiger partial charge is 0.315 e. The Kier molecular flexibility index (Phi) is 4.18. The number of anilines is 1. The molecule has 19 heavy (non-hydrogen) atoms. The minimum absolute atomic E-state index is 0.0499. The molecule has 0 aliphatic heterocycles. The lowest BCUT2D eigenvalue weighted by Gasteiger charge is -2.06. The Balaban J connectivity index is 2.25. The van der Waals surface area contributed by atoms with Gasteiger partial charge in [-0.05, 0) is 31.3 Å². The molecule has 0 amide bonds. The average Bonchev–Trinajstić information content (AvgIpc) is 2.82. The van der Waals surface area contributed by atoms with E-state index in [1.807, 2.05) is 0 Å². The number of halogens is 1. The normalized spacial score (nSPS) is 11.5. The molecule has 0 aliphatic carbocycles. The highest BCUT2D eigenvalue weighted by Crippen LogP contribution is 2.24. The van der Waals surface area contributed by atoms with Crippen LogP contribution in [0.15, 0.2) is 40.6 Å². The summed E-state index contributed by atoms with van der Waals surface area (Å²) in [5.41, 5.74) is -0.0499. The summed E-state index contributed by atoms with van der Waals surface area (Å²) in [4.78, 5) is 0.899. The van der Waals surface area contributed by atoms with E-state index in [1.54, 1.807) is 19.2 Å². The Bertz CT molecular complexity index is 668.